The molecule has 1 aromatic rings. The maximum atomic E-state index is 12.5. The van der Waals surface area contributed by atoms with Gasteiger partial charge in [0.15, 0.2) is 0 Å². The second kappa shape index (κ2) is 6.90. The van der Waals surface area contributed by atoms with Crippen LogP contribution in [0.4, 0.5) is 0 Å². The molecule has 4 aliphatic rings. The van der Waals surface area contributed by atoms with E-state index >= 15 is 0 Å². The lowest BCUT2D eigenvalue weighted by Crippen LogP contribution is -2.69. The van der Waals surface area contributed by atoms with Gasteiger partial charge in [0.05, 0.1) is 12.5 Å². The number of nitrogens with zero attached hydrogens (tertiary/aromatic N) is 1. The third-order valence-electron chi connectivity index (χ3n) is 6.90. The highest BCUT2D eigenvalue weighted by Crippen LogP contribution is 2.59. The van der Waals surface area contributed by atoms with Gasteiger partial charge < -0.3 is 9.84 Å². The second-order valence-electron chi connectivity index (χ2n) is 7.70. The molecule has 4 bridgehead atoms. The fraction of sp³-hybridized carbons (Fsp3) is 0.650. The van der Waals surface area contributed by atoms with Crippen molar-refractivity contribution in [3.63, 3.8) is 0 Å². The fourth-order valence-electron chi connectivity index (χ4n) is 5.94. The van der Waals surface area contributed by atoms with Crippen LogP contribution in [0.25, 0.3) is 0 Å². The number of ether oxygens (including phenoxy) is 1. The summed E-state index contributed by atoms with van der Waals surface area (Å²) in [6.45, 7) is 2.53. The van der Waals surface area contributed by atoms with Crippen molar-refractivity contribution in [2.45, 2.75) is 50.1 Å². The molecule has 5 rings (SSSR count). The number of likely N-dealkylation sites (N-methyl/N-ethyl adjacent to an activating group) is 1. The molecule has 1 saturated carbocycles. The molecule has 0 radical (unpaired) electrons. The van der Waals surface area contributed by atoms with Crippen LogP contribution < -0.4 is 0 Å². The molecule has 2 saturated heterocycles. The number of aliphatic hydroxyl groups excluding tert-OH is 1. The lowest BCUT2D eigenvalue weighted by Gasteiger charge is -2.64. The summed E-state index contributed by atoms with van der Waals surface area (Å²) in [5, 5.41) is 9.80. The fourth-order valence-corrected chi connectivity index (χ4v) is 5.94. The molecule has 25 heavy (non-hydrogen) atoms. The molecule has 0 spiro atoms. The van der Waals surface area contributed by atoms with Gasteiger partial charge in [0.1, 0.15) is 0 Å². The molecule has 0 aromatic heterocycles. The van der Waals surface area contributed by atoms with E-state index in [-0.39, 0.29) is 42.4 Å². The molecule has 1 N–H and O–H groups in total. The number of piperidine rings is 2. The van der Waals surface area contributed by atoms with E-state index in [2.05, 4.69) is 36.2 Å². The SMILES string of the molecule is CCOC(=O)[C@H]1CC2C3Cc4ccccc4[C@@]2(CCO)CC1N3C.Cl. The van der Waals surface area contributed by atoms with Crippen molar-refractivity contribution < 1.29 is 14.6 Å². The van der Waals surface area contributed by atoms with Gasteiger partial charge in [-0.1, -0.05) is 24.3 Å². The number of hydrogen-bond donors (Lipinski definition) is 1. The van der Waals surface area contributed by atoms with E-state index in [1.54, 1.807) is 0 Å². The molecule has 2 aliphatic carbocycles. The van der Waals surface area contributed by atoms with Gasteiger partial charge >= 0.3 is 5.97 Å². The number of esters is 1. The molecule has 3 unspecified atom stereocenters. The van der Waals surface area contributed by atoms with E-state index in [1.165, 1.54) is 11.1 Å². The van der Waals surface area contributed by atoms with Gasteiger partial charge in [-0.2, -0.15) is 0 Å². The van der Waals surface area contributed by atoms with Crippen molar-refractivity contribution in [3.8, 4) is 0 Å². The second-order valence-corrected chi connectivity index (χ2v) is 7.70. The van der Waals surface area contributed by atoms with E-state index in [4.69, 9.17) is 4.74 Å². The summed E-state index contributed by atoms with van der Waals surface area (Å²) < 4.78 is 5.35. The average molecular weight is 366 g/mol. The average Bonchev–Trinajstić information content (AvgIpc) is 2.59. The van der Waals surface area contributed by atoms with Crippen molar-refractivity contribution in [3.05, 3.63) is 35.4 Å². The molecule has 2 heterocycles. The Morgan fingerprint density at radius 3 is 2.84 bits per heavy atom. The van der Waals surface area contributed by atoms with Gasteiger partial charge in [-0.15, -0.1) is 12.4 Å². The molecule has 138 valence electrons. The third-order valence-corrected chi connectivity index (χ3v) is 6.90. The maximum Gasteiger partial charge on any atom is 0.310 e. The van der Waals surface area contributed by atoms with Gasteiger partial charge in [0, 0.05) is 24.1 Å². The standard InChI is InChI=1S/C20H27NO3.ClH/c1-3-24-19(23)14-11-16-17-10-13-6-4-5-7-15(13)20(16,8-9-22)12-18(14)21(17)2;/h4-7,14,16-18,22H,3,8-12H2,1-2H3;1H/t14-,16?,17?,18?,20+;/m0./s1. The Hall–Kier alpha value is -1.10. The highest BCUT2D eigenvalue weighted by molar-refractivity contribution is 5.85. The maximum absolute atomic E-state index is 12.5. The Kier molecular flexibility index (Phi) is 5.16. The number of aliphatic hydroxyl groups is 1. The Bertz CT molecular complexity index is 652. The zero-order chi connectivity index (χ0) is 16.9. The predicted octanol–water partition coefficient (Wildman–Crippen LogP) is 2.56. The molecule has 2 aliphatic heterocycles. The van der Waals surface area contributed by atoms with Crippen LogP contribution in [-0.2, 0) is 21.4 Å². The molecular weight excluding hydrogens is 338 g/mol. The van der Waals surface area contributed by atoms with E-state index in [9.17, 15) is 9.90 Å². The lowest BCUT2D eigenvalue weighted by atomic mass is 9.48. The summed E-state index contributed by atoms with van der Waals surface area (Å²) >= 11 is 0. The number of halogens is 1. The summed E-state index contributed by atoms with van der Waals surface area (Å²) in [5.41, 5.74) is 2.86. The van der Waals surface area contributed by atoms with Gasteiger partial charge in [-0.3, -0.25) is 9.69 Å². The lowest BCUT2D eigenvalue weighted by molar-refractivity contribution is -0.165. The number of fused-ring (bicyclic) bond motifs is 2. The zero-order valence-electron chi connectivity index (χ0n) is 15.0. The summed E-state index contributed by atoms with van der Waals surface area (Å²) in [6.07, 6.45) is 3.69. The predicted molar refractivity (Wildman–Crippen MR) is 99.0 cm³/mol. The van der Waals surface area contributed by atoms with Gasteiger partial charge in [0.2, 0.25) is 0 Å². The number of carbonyl (C=O) groups is 1. The largest absolute Gasteiger partial charge is 0.466 e. The summed E-state index contributed by atoms with van der Waals surface area (Å²) in [4.78, 5) is 14.9. The molecule has 1 aromatic carbocycles. The minimum absolute atomic E-state index is 0. The topological polar surface area (TPSA) is 49.8 Å². The molecule has 4 nitrogen and oxygen atoms in total. The minimum Gasteiger partial charge on any atom is -0.466 e. The summed E-state index contributed by atoms with van der Waals surface area (Å²) in [7, 11) is 2.17. The summed E-state index contributed by atoms with van der Waals surface area (Å²) in [6, 6.07) is 9.42. The van der Waals surface area contributed by atoms with Gasteiger partial charge in [0.25, 0.3) is 0 Å². The monoisotopic (exact) mass is 365 g/mol. The number of benzene rings is 1. The minimum atomic E-state index is -0.0377. The summed E-state index contributed by atoms with van der Waals surface area (Å²) in [5.74, 6) is 0.362. The van der Waals surface area contributed by atoms with Crippen molar-refractivity contribution in [2.75, 3.05) is 20.3 Å². The van der Waals surface area contributed by atoms with Gasteiger partial charge in [-0.05, 0) is 56.7 Å². The van der Waals surface area contributed by atoms with Crippen LogP contribution in [0.5, 0.6) is 0 Å². The van der Waals surface area contributed by atoms with Gasteiger partial charge in [-0.25, -0.2) is 0 Å². The molecule has 5 heteroatoms. The van der Waals surface area contributed by atoms with E-state index in [1.807, 2.05) is 6.92 Å². The van der Waals surface area contributed by atoms with Crippen LogP contribution in [0.1, 0.15) is 37.3 Å². The van der Waals surface area contributed by atoms with E-state index in [0.29, 0.717) is 18.6 Å². The van der Waals surface area contributed by atoms with Crippen LogP contribution in [0.15, 0.2) is 24.3 Å². The number of rotatable bonds is 4. The Morgan fingerprint density at radius 2 is 2.12 bits per heavy atom. The van der Waals surface area contributed by atoms with Crippen LogP contribution in [0.3, 0.4) is 0 Å². The van der Waals surface area contributed by atoms with E-state index in [0.717, 1.165) is 25.7 Å². The first-order chi connectivity index (χ1) is 11.6. The molecule has 0 amide bonds. The number of carbonyl (C=O) groups excluding carboxylic acids is 1. The Balaban J connectivity index is 0.00000182. The quantitative estimate of drug-likeness (QED) is 0.833. The van der Waals surface area contributed by atoms with Crippen molar-refractivity contribution in [2.24, 2.45) is 11.8 Å². The first-order valence-electron chi connectivity index (χ1n) is 9.20. The van der Waals surface area contributed by atoms with Crippen LogP contribution in [-0.4, -0.2) is 48.3 Å². The molecule has 3 fully saturated rings. The molecule has 5 atom stereocenters. The first kappa shape index (κ1) is 18.7. The van der Waals surface area contributed by atoms with Crippen molar-refractivity contribution in [1.82, 2.24) is 4.90 Å². The van der Waals surface area contributed by atoms with Crippen LogP contribution in [0, 0.1) is 11.8 Å². The third kappa shape index (κ3) is 2.61. The zero-order valence-corrected chi connectivity index (χ0v) is 15.8. The number of hydrogen-bond acceptors (Lipinski definition) is 4. The van der Waals surface area contributed by atoms with Crippen molar-refractivity contribution in [1.29, 1.82) is 0 Å². The molecular formula is C20H28ClNO3. The van der Waals surface area contributed by atoms with E-state index < -0.39 is 0 Å². The normalized spacial score (nSPS) is 35.6. The highest BCUT2D eigenvalue weighted by atomic mass is 35.5. The first-order valence-corrected chi connectivity index (χ1v) is 9.20. The van der Waals surface area contributed by atoms with Crippen LogP contribution >= 0.6 is 12.4 Å². The smallest absolute Gasteiger partial charge is 0.310 e. The Morgan fingerprint density at radius 1 is 1.36 bits per heavy atom. The Labute approximate surface area is 156 Å². The van der Waals surface area contributed by atoms with Crippen LogP contribution in [0.2, 0.25) is 0 Å². The van der Waals surface area contributed by atoms with Crippen molar-refractivity contribution >= 4 is 18.4 Å². The highest BCUT2D eigenvalue weighted by Gasteiger charge is 2.61.